The molecule has 1 aromatic heterocycles. The molecular formula is C21H21F3N4O12P. The second-order valence-corrected chi connectivity index (χ2v) is 10.6. The number of nitrogens with zero attached hydrogens (tertiary/aromatic N) is 2. The van der Waals surface area contributed by atoms with Crippen molar-refractivity contribution in [2.24, 2.45) is 0 Å². The molecule has 223 valence electrons. The van der Waals surface area contributed by atoms with Gasteiger partial charge in [-0.25, -0.2) is 4.79 Å². The predicted octanol–water partition coefficient (Wildman–Crippen LogP) is 1.01. The van der Waals surface area contributed by atoms with Crippen molar-refractivity contribution in [1.82, 2.24) is 14.9 Å². The maximum atomic E-state index is 13.3. The molecule has 20 heteroatoms. The van der Waals surface area contributed by atoms with Gasteiger partial charge in [-0.15, -0.1) is 0 Å². The molecule has 0 aliphatic carbocycles. The van der Waals surface area contributed by atoms with E-state index in [4.69, 9.17) is 23.0 Å². The second kappa shape index (κ2) is 10.8. The van der Waals surface area contributed by atoms with E-state index < -0.39 is 73.0 Å². The summed E-state index contributed by atoms with van der Waals surface area (Å²) >= 11 is 0. The Morgan fingerprint density at radius 3 is 2.66 bits per heavy atom. The van der Waals surface area contributed by atoms with Crippen LogP contribution in [0.3, 0.4) is 0 Å². The first-order valence-electron chi connectivity index (χ1n) is 11.4. The van der Waals surface area contributed by atoms with E-state index in [2.05, 4.69) is 0 Å². The molecule has 2 aromatic rings. The zero-order chi connectivity index (χ0) is 30.3. The molecule has 0 bridgehead atoms. The summed E-state index contributed by atoms with van der Waals surface area (Å²) in [7, 11) is -4.23. The molecule has 1 saturated heterocycles. The number of hydrogen-bond donors (Lipinski definition) is 3. The number of nitro benzene ring substituents is 1. The number of nitro groups is 1. The molecule has 0 spiro atoms. The smallest absolute Gasteiger partial charge is 0.457 e. The van der Waals surface area contributed by atoms with E-state index in [0.29, 0.717) is 4.57 Å². The van der Waals surface area contributed by atoms with Crippen molar-refractivity contribution >= 4 is 25.7 Å². The second-order valence-electron chi connectivity index (χ2n) is 8.99. The average molecular weight is 609 g/mol. The Bertz CT molecular complexity index is 1500. The van der Waals surface area contributed by atoms with Gasteiger partial charge in [0.2, 0.25) is 0 Å². The molecule has 16 nitrogen and oxygen atoms in total. The number of aromatic amines is 1. The molecule has 0 saturated carbocycles. The van der Waals surface area contributed by atoms with Gasteiger partial charge in [-0.3, -0.25) is 43.1 Å². The van der Waals surface area contributed by atoms with Crippen LogP contribution in [0.15, 0.2) is 40.1 Å². The Hall–Kier alpha value is -3.90. The molecule has 2 aliphatic heterocycles. The van der Waals surface area contributed by atoms with Gasteiger partial charge in [0.25, 0.3) is 11.2 Å². The number of halogens is 3. The van der Waals surface area contributed by atoms with E-state index in [1.165, 1.54) is 6.07 Å². The number of amides is 1. The Morgan fingerprint density at radius 1 is 1.34 bits per heavy atom. The largest absolute Gasteiger partial charge is 0.471 e. The highest BCUT2D eigenvalue weighted by molar-refractivity contribution is 7.55. The molecule has 5 unspecified atom stereocenters. The highest BCUT2D eigenvalue weighted by Crippen LogP contribution is 2.62. The molecule has 3 N–H and O–H groups in total. The lowest BCUT2D eigenvalue weighted by atomic mass is 9.91. The fraction of sp³-hybridized carbons (Fsp3) is 0.429. The summed E-state index contributed by atoms with van der Waals surface area (Å²) in [5.74, 6) is -3.48. The average Bonchev–Trinajstić information content (AvgIpc) is 3.12. The van der Waals surface area contributed by atoms with Crippen LogP contribution in [0.2, 0.25) is 0 Å². The number of carbonyl (C=O) groups is 2. The van der Waals surface area contributed by atoms with Crippen molar-refractivity contribution in [3.8, 4) is 5.75 Å². The fourth-order valence-electron chi connectivity index (χ4n) is 4.24. The summed E-state index contributed by atoms with van der Waals surface area (Å²) in [6.45, 7) is 0.770. The number of esters is 1. The van der Waals surface area contributed by atoms with Crippen LogP contribution in [-0.2, 0) is 34.7 Å². The predicted molar refractivity (Wildman–Crippen MR) is 127 cm³/mol. The first-order chi connectivity index (χ1) is 19.0. The van der Waals surface area contributed by atoms with E-state index in [1.807, 2.05) is 4.98 Å². The zero-order valence-electron chi connectivity index (χ0n) is 20.9. The first-order valence-corrected chi connectivity index (χ1v) is 12.9. The Kier molecular flexibility index (Phi) is 7.94. The minimum absolute atomic E-state index is 0.0125. The third-order valence-corrected chi connectivity index (χ3v) is 7.39. The van der Waals surface area contributed by atoms with Gasteiger partial charge >= 0.3 is 31.9 Å². The lowest BCUT2D eigenvalue weighted by Gasteiger charge is -2.36. The Labute approximate surface area is 226 Å². The number of non-ortho nitro benzene ring substituents is 1. The van der Waals surface area contributed by atoms with E-state index in [9.17, 15) is 47.4 Å². The van der Waals surface area contributed by atoms with Crippen molar-refractivity contribution in [1.29, 1.82) is 0 Å². The number of H-pyrrole nitrogens is 1. The third-order valence-electron chi connectivity index (χ3n) is 6.04. The molecule has 41 heavy (non-hydrogen) atoms. The summed E-state index contributed by atoms with van der Waals surface area (Å²) in [4.78, 5) is 71.0. The highest BCUT2D eigenvalue weighted by atomic mass is 31.2. The minimum Gasteiger partial charge on any atom is -0.457 e. The Balaban J connectivity index is 1.65. The van der Waals surface area contributed by atoms with Gasteiger partial charge in [-0.1, -0.05) is 0 Å². The zero-order valence-corrected chi connectivity index (χ0v) is 21.8. The van der Waals surface area contributed by atoms with Gasteiger partial charge in [0, 0.05) is 36.9 Å². The van der Waals surface area contributed by atoms with Crippen LogP contribution in [0.25, 0.3) is 0 Å². The maximum absolute atomic E-state index is 13.3. The summed E-state index contributed by atoms with van der Waals surface area (Å²) in [5, 5.41) is 12.7. The van der Waals surface area contributed by atoms with Crippen molar-refractivity contribution in [2.45, 2.75) is 50.6 Å². The standard InChI is InChI=1S/C21H21F3N4O12P/c1-10(29)38-16-14(9-37-41(35)36-8-11-7-12(28(33)34)3-4-13(11)40-41)39-18(27-6-5-15(30)25-19(27)32)20(16,2)26-17(31)21(22,23)24/h3-7,14,16,18,35H,8-9H2,1-2H3,(H,26,31)(H,25,30,32). The maximum Gasteiger partial charge on any atom is 0.471 e. The molecule has 4 rings (SSSR count). The van der Waals surface area contributed by atoms with Crippen LogP contribution in [0.4, 0.5) is 18.9 Å². The molecule has 2 aliphatic rings. The summed E-state index contributed by atoms with van der Waals surface area (Å²) < 4.78 is 67.3. The molecule has 1 aromatic carbocycles. The van der Waals surface area contributed by atoms with Crippen LogP contribution < -0.4 is 21.1 Å². The number of rotatable bonds is 7. The van der Waals surface area contributed by atoms with Crippen molar-refractivity contribution in [3.05, 3.63) is 67.0 Å². The topological polar surface area (TPSA) is 211 Å². The molecule has 1 amide bonds. The van der Waals surface area contributed by atoms with Gasteiger partial charge in [0.05, 0.1) is 18.1 Å². The molecule has 5 atom stereocenters. The van der Waals surface area contributed by atoms with E-state index in [-0.39, 0.29) is 23.6 Å². The molecule has 1 fully saturated rings. The molecule has 1 radical (unpaired) electrons. The third kappa shape index (κ3) is 6.23. The lowest BCUT2D eigenvalue weighted by molar-refractivity contribution is -0.385. The van der Waals surface area contributed by atoms with Crippen LogP contribution in [0.1, 0.15) is 25.6 Å². The highest BCUT2D eigenvalue weighted by Gasteiger charge is 2.60. The summed E-state index contributed by atoms with van der Waals surface area (Å²) in [6, 6.07) is 4.31. The fourth-order valence-corrected chi connectivity index (χ4v) is 5.48. The summed E-state index contributed by atoms with van der Waals surface area (Å²) in [5.41, 5.74) is -4.33. The number of aromatic nitrogens is 2. The molecular weight excluding hydrogens is 588 g/mol. The number of fused-ring (bicyclic) bond motifs is 1. The van der Waals surface area contributed by atoms with Crippen molar-refractivity contribution < 1.29 is 55.6 Å². The van der Waals surface area contributed by atoms with Gasteiger partial charge < -0.3 is 24.2 Å². The van der Waals surface area contributed by atoms with Crippen molar-refractivity contribution in [3.63, 3.8) is 0 Å². The van der Waals surface area contributed by atoms with E-state index in [0.717, 1.165) is 38.2 Å². The normalized spacial score (nSPS) is 27.4. The molecule has 3 heterocycles. The monoisotopic (exact) mass is 609 g/mol. The SMILES string of the molecule is CC(=O)OC1C(CO[P]2(O)OCc3cc([N+](=O)[O-])ccc3O2)OC(n2ccc(=O)[nH]c2=O)C1(C)NC(=O)C(F)(F)F. The van der Waals surface area contributed by atoms with E-state index >= 15 is 0 Å². The quantitative estimate of drug-likeness (QED) is 0.174. The van der Waals surface area contributed by atoms with Gasteiger partial charge in [-0.05, 0) is 13.0 Å². The number of carbonyl (C=O) groups excluding carboxylic acids is 2. The van der Waals surface area contributed by atoms with Gasteiger partial charge in [0.1, 0.15) is 17.4 Å². The summed E-state index contributed by atoms with van der Waals surface area (Å²) in [6.07, 6.45) is -9.64. The number of benzene rings is 1. The van der Waals surface area contributed by atoms with Gasteiger partial charge in [0.15, 0.2) is 12.3 Å². The van der Waals surface area contributed by atoms with Crippen molar-refractivity contribution in [2.75, 3.05) is 6.61 Å². The first kappa shape index (κ1) is 30.1. The number of alkyl halides is 3. The van der Waals surface area contributed by atoms with Gasteiger partial charge in [-0.2, -0.15) is 13.2 Å². The number of nitrogens with one attached hydrogen (secondary N) is 2. The number of ether oxygens (including phenoxy) is 2. The Morgan fingerprint density at radius 2 is 2.05 bits per heavy atom. The van der Waals surface area contributed by atoms with Crippen LogP contribution in [0.5, 0.6) is 5.75 Å². The number of hydrogen-bond acceptors (Lipinski definition) is 12. The van der Waals surface area contributed by atoms with Crippen LogP contribution in [-0.4, -0.2) is 61.8 Å². The minimum atomic E-state index is -5.40. The van der Waals surface area contributed by atoms with Crippen LogP contribution in [0, 0.1) is 10.1 Å². The lowest BCUT2D eigenvalue weighted by Crippen LogP contribution is -2.61. The van der Waals surface area contributed by atoms with E-state index in [1.54, 1.807) is 5.32 Å². The van der Waals surface area contributed by atoms with Crippen LogP contribution >= 0.6 is 8.17 Å².